The van der Waals surface area contributed by atoms with Crippen molar-refractivity contribution in [2.45, 2.75) is 40.5 Å². The third-order valence-electron chi connectivity index (χ3n) is 3.05. The minimum atomic E-state index is 1.04. The fourth-order valence-corrected chi connectivity index (χ4v) is 1.95. The number of allylic oxidation sites excluding steroid dienone is 4. The van der Waals surface area contributed by atoms with Crippen molar-refractivity contribution in [1.82, 2.24) is 0 Å². The van der Waals surface area contributed by atoms with Gasteiger partial charge < -0.3 is 5.32 Å². The first-order valence-electron chi connectivity index (χ1n) is 6.67. The molecule has 0 atom stereocenters. The first-order chi connectivity index (χ1) is 8.56. The maximum atomic E-state index is 3.20. The van der Waals surface area contributed by atoms with E-state index in [2.05, 4.69) is 63.4 Å². The fraction of sp³-hybridized carbons (Fsp3) is 0.412. The highest BCUT2D eigenvalue weighted by atomic mass is 14.8. The van der Waals surface area contributed by atoms with Crippen LogP contribution in [0.25, 0.3) is 0 Å². The lowest BCUT2D eigenvalue weighted by Gasteiger charge is -2.10. The van der Waals surface area contributed by atoms with E-state index in [0.29, 0.717) is 0 Å². The van der Waals surface area contributed by atoms with E-state index < -0.39 is 0 Å². The number of anilines is 1. The third kappa shape index (κ3) is 4.40. The van der Waals surface area contributed by atoms with Crippen molar-refractivity contribution in [3.63, 3.8) is 0 Å². The van der Waals surface area contributed by atoms with E-state index in [1.807, 2.05) is 7.05 Å². The maximum Gasteiger partial charge on any atom is 0.0340 e. The summed E-state index contributed by atoms with van der Waals surface area (Å²) in [4.78, 5) is 0. The van der Waals surface area contributed by atoms with E-state index in [1.54, 1.807) is 0 Å². The van der Waals surface area contributed by atoms with Crippen molar-refractivity contribution in [3.8, 4) is 0 Å². The smallest absolute Gasteiger partial charge is 0.0340 e. The first kappa shape index (κ1) is 14.6. The van der Waals surface area contributed by atoms with Crippen molar-refractivity contribution in [3.05, 3.63) is 52.6 Å². The molecule has 98 valence electrons. The molecule has 0 amide bonds. The second kappa shape index (κ2) is 7.05. The van der Waals surface area contributed by atoms with Crippen LogP contribution in [0.3, 0.4) is 0 Å². The quantitative estimate of drug-likeness (QED) is 0.736. The van der Waals surface area contributed by atoms with Gasteiger partial charge in [-0.1, -0.05) is 36.3 Å². The van der Waals surface area contributed by atoms with Crippen molar-refractivity contribution in [2.75, 3.05) is 12.4 Å². The Labute approximate surface area is 112 Å². The largest absolute Gasteiger partial charge is 0.388 e. The second-order valence-corrected chi connectivity index (χ2v) is 5.02. The molecule has 0 aliphatic rings. The van der Waals surface area contributed by atoms with Crippen LogP contribution in [0.4, 0.5) is 5.69 Å². The van der Waals surface area contributed by atoms with Gasteiger partial charge in [-0.3, -0.25) is 0 Å². The number of hydrogen-bond acceptors (Lipinski definition) is 1. The van der Waals surface area contributed by atoms with E-state index in [0.717, 1.165) is 12.8 Å². The molecule has 0 aliphatic heterocycles. The van der Waals surface area contributed by atoms with Crippen LogP contribution in [0.15, 0.2) is 41.5 Å². The highest BCUT2D eigenvalue weighted by Gasteiger charge is 2.02. The van der Waals surface area contributed by atoms with Crippen LogP contribution < -0.4 is 5.32 Å². The Morgan fingerprint density at radius 3 is 2.39 bits per heavy atom. The number of benzene rings is 1. The van der Waals surface area contributed by atoms with Gasteiger partial charge in [0.25, 0.3) is 0 Å². The van der Waals surface area contributed by atoms with E-state index in [9.17, 15) is 0 Å². The number of rotatable bonds is 5. The van der Waals surface area contributed by atoms with Crippen LogP contribution in [-0.2, 0) is 12.8 Å². The Kier molecular flexibility index (Phi) is 5.70. The van der Waals surface area contributed by atoms with Gasteiger partial charge in [-0.05, 0) is 56.9 Å². The molecule has 1 N–H and O–H groups in total. The molecule has 0 spiro atoms. The average Bonchev–Trinajstić information content (AvgIpc) is 2.36. The van der Waals surface area contributed by atoms with Crippen LogP contribution in [0.1, 0.15) is 38.8 Å². The summed E-state index contributed by atoms with van der Waals surface area (Å²) < 4.78 is 0. The SMILES string of the molecule is CCc1cc(NC)ccc1C/C(C)=C\C=C(C)C. The Bertz CT molecular complexity index is 449. The summed E-state index contributed by atoms with van der Waals surface area (Å²) in [6.45, 7) is 8.67. The van der Waals surface area contributed by atoms with Gasteiger partial charge in [0.1, 0.15) is 0 Å². The zero-order chi connectivity index (χ0) is 13.5. The Balaban J connectivity index is 2.90. The molecular formula is C17H25N. The van der Waals surface area contributed by atoms with E-state index in [1.165, 1.54) is 28.0 Å². The van der Waals surface area contributed by atoms with Gasteiger partial charge in [0, 0.05) is 12.7 Å². The van der Waals surface area contributed by atoms with Gasteiger partial charge in [0.05, 0.1) is 0 Å². The average molecular weight is 243 g/mol. The molecule has 0 unspecified atom stereocenters. The van der Waals surface area contributed by atoms with Gasteiger partial charge >= 0.3 is 0 Å². The van der Waals surface area contributed by atoms with Crippen molar-refractivity contribution >= 4 is 5.69 Å². The van der Waals surface area contributed by atoms with E-state index in [-0.39, 0.29) is 0 Å². The van der Waals surface area contributed by atoms with Gasteiger partial charge in [0.2, 0.25) is 0 Å². The molecule has 1 nitrogen and oxygen atoms in total. The predicted octanol–water partition coefficient (Wildman–Crippen LogP) is 4.75. The molecular weight excluding hydrogens is 218 g/mol. The highest BCUT2D eigenvalue weighted by Crippen LogP contribution is 2.19. The molecule has 1 aromatic carbocycles. The second-order valence-electron chi connectivity index (χ2n) is 5.02. The van der Waals surface area contributed by atoms with Crippen LogP contribution in [0, 0.1) is 0 Å². The number of aryl methyl sites for hydroxylation is 1. The fourth-order valence-electron chi connectivity index (χ4n) is 1.95. The summed E-state index contributed by atoms with van der Waals surface area (Å²) in [5.41, 5.74) is 6.82. The number of hydrogen-bond donors (Lipinski definition) is 1. The lowest BCUT2D eigenvalue weighted by Crippen LogP contribution is -1.97. The van der Waals surface area contributed by atoms with E-state index >= 15 is 0 Å². The summed E-state index contributed by atoms with van der Waals surface area (Å²) in [6, 6.07) is 6.65. The lowest BCUT2D eigenvalue weighted by molar-refractivity contribution is 1.04. The molecule has 0 fully saturated rings. The first-order valence-corrected chi connectivity index (χ1v) is 6.67. The zero-order valence-corrected chi connectivity index (χ0v) is 12.3. The Morgan fingerprint density at radius 2 is 1.83 bits per heavy atom. The summed E-state index contributed by atoms with van der Waals surface area (Å²) >= 11 is 0. The van der Waals surface area contributed by atoms with Crippen molar-refractivity contribution < 1.29 is 0 Å². The molecule has 18 heavy (non-hydrogen) atoms. The van der Waals surface area contributed by atoms with E-state index in [4.69, 9.17) is 0 Å². The highest BCUT2D eigenvalue weighted by molar-refractivity contribution is 5.49. The van der Waals surface area contributed by atoms with Gasteiger partial charge in [0.15, 0.2) is 0 Å². The zero-order valence-electron chi connectivity index (χ0n) is 12.3. The molecule has 0 saturated carbocycles. The monoisotopic (exact) mass is 243 g/mol. The van der Waals surface area contributed by atoms with Crippen LogP contribution in [-0.4, -0.2) is 7.05 Å². The molecule has 0 aliphatic carbocycles. The minimum Gasteiger partial charge on any atom is -0.388 e. The molecule has 0 radical (unpaired) electrons. The van der Waals surface area contributed by atoms with Crippen molar-refractivity contribution in [2.24, 2.45) is 0 Å². The molecule has 0 saturated heterocycles. The topological polar surface area (TPSA) is 12.0 Å². The summed E-state index contributed by atoms with van der Waals surface area (Å²) in [7, 11) is 1.97. The summed E-state index contributed by atoms with van der Waals surface area (Å²) in [5, 5.41) is 3.20. The van der Waals surface area contributed by atoms with Crippen molar-refractivity contribution in [1.29, 1.82) is 0 Å². The Morgan fingerprint density at radius 1 is 1.11 bits per heavy atom. The van der Waals surface area contributed by atoms with Crippen LogP contribution in [0.5, 0.6) is 0 Å². The van der Waals surface area contributed by atoms with Crippen LogP contribution >= 0.6 is 0 Å². The summed E-state index contributed by atoms with van der Waals surface area (Å²) in [5.74, 6) is 0. The minimum absolute atomic E-state index is 1.04. The molecule has 1 rings (SSSR count). The standard InChI is InChI=1S/C17H25N/c1-6-15-12-17(18-5)10-9-16(15)11-14(4)8-7-13(2)3/h7-10,12,18H,6,11H2,1-5H3/b14-8-. The number of nitrogens with one attached hydrogen (secondary N) is 1. The molecule has 0 aromatic heterocycles. The molecule has 1 heteroatoms. The normalized spacial score (nSPS) is 11.3. The van der Waals surface area contributed by atoms with Gasteiger partial charge in [-0.2, -0.15) is 0 Å². The van der Waals surface area contributed by atoms with Gasteiger partial charge in [-0.15, -0.1) is 0 Å². The third-order valence-corrected chi connectivity index (χ3v) is 3.05. The molecule has 0 heterocycles. The lowest BCUT2D eigenvalue weighted by atomic mass is 9.98. The maximum absolute atomic E-state index is 3.20. The predicted molar refractivity (Wildman–Crippen MR) is 82.3 cm³/mol. The van der Waals surface area contributed by atoms with Crippen LogP contribution in [0.2, 0.25) is 0 Å². The summed E-state index contributed by atoms with van der Waals surface area (Å²) in [6.07, 6.45) is 6.53. The molecule has 0 bridgehead atoms. The van der Waals surface area contributed by atoms with Gasteiger partial charge in [-0.25, -0.2) is 0 Å². The Hall–Kier alpha value is -1.50. The molecule has 1 aromatic rings.